The van der Waals surface area contributed by atoms with Crippen molar-refractivity contribution in [1.82, 2.24) is 10.1 Å². The van der Waals surface area contributed by atoms with Crippen LogP contribution in [-0.4, -0.2) is 25.6 Å². The van der Waals surface area contributed by atoms with Gasteiger partial charge in [0.1, 0.15) is 0 Å². The minimum atomic E-state index is -4.64. The molecule has 3 N–H and O–H groups in total. The van der Waals surface area contributed by atoms with E-state index >= 15 is 0 Å². The van der Waals surface area contributed by atoms with Crippen LogP contribution in [0.25, 0.3) is 11.4 Å². The number of benzene rings is 2. The number of aromatic nitrogens is 2. The largest absolute Gasteiger partial charge is 0.471 e. The molecular formula is C20H24F3IN4O2. The minimum absolute atomic E-state index is 0.0602. The lowest BCUT2D eigenvalue weighted by molar-refractivity contribution is -0.159. The van der Waals surface area contributed by atoms with Crippen LogP contribution in [0.1, 0.15) is 35.0 Å². The normalized spacial score (nSPS) is 11.4. The average molecular weight is 540 g/mol. The summed E-state index contributed by atoms with van der Waals surface area (Å²) in [6.45, 7) is 6.11. The van der Waals surface area contributed by atoms with Crippen molar-refractivity contribution in [2.24, 2.45) is 10.9 Å². The van der Waals surface area contributed by atoms with Crippen LogP contribution in [-0.2, 0) is 6.18 Å². The van der Waals surface area contributed by atoms with E-state index in [4.69, 9.17) is 13.7 Å². The number of alkyl halides is 4. The van der Waals surface area contributed by atoms with Gasteiger partial charge in [-0.15, -0.1) is 0 Å². The number of hydrogen-bond acceptors (Lipinski definition) is 5. The molecule has 0 aliphatic rings. The van der Waals surface area contributed by atoms with Crippen molar-refractivity contribution in [1.29, 1.82) is 0 Å². The molecule has 1 aromatic heterocycles. The summed E-state index contributed by atoms with van der Waals surface area (Å²) in [5, 5.41) is 14.3. The number of rotatable bonds is 2. The molecule has 0 aliphatic carbocycles. The van der Waals surface area contributed by atoms with Crippen LogP contribution in [0.2, 0.25) is 0 Å². The number of oxime groups is 1. The van der Waals surface area contributed by atoms with Crippen LogP contribution in [0.5, 0.6) is 0 Å². The summed E-state index contributed by atoms with van der Waals surface area (Å²) >= 11 is 2.29. The van der Waals surface area contributed by atoms with Crippen molar-refractivity contribution in [2.45, 2.75) is 26.9 Å². The van der Waals surface area contributed by atoms with Gasteiger partial charge in [-0.1, -0.05) is 114 Å². The van der Waals surface area contributed by atoms with Gasteiger partial charge in [0.2, 0.25) is 5.82 Å². The lowest BCUT2D eigenvalue weighted by Gasteiger charge is -1.96. The lowest BCUT2D eigenvalue weighted by Crippen LogP contribution is -2.12. The van der Waals surface area contributed by atoms with E-state index in [0.29, 0.717) is 17.2 Å². The highest BCUT2D eigenvalue weighted by atomic mass is 127. The summed E-state index contributed by atoms with van der Waals surface area (Å²) in [6.07, 6.45) is -4.64. The van der Waals surface area contributed by atoms with Gasteiger partial charge in [0.05, 0.1) is 2.74 Å². The van der Waals surface area contributed by atoms with Crippen LogP contribution < -0.4 is 5.73 Å². The predicted molar refractivity (Wildman–Crippen MR) is 120 cm³/mol. The predicted octanol–water partition coefficient (Wildman–Crippen LogP) is 6.00. The lowest BCUT2D eigenvalue weighted by atomic mass is 10.2. The first-order chi connectivity index (χ1) is 15.1. The van der Waals surface area contributed by atoms with Gasteiger partial charge in [0.25, 0.3) is 0 Å². The van der Waals surface area contributed by atoms with Crippen LogP contribution in [0.4, 0.5) is 13.2 Å². The second-order valence-corrected chi connectivity index (χ2v) is 6.28. The van der Waals surface area contributed by atoms with Crippen molar-refractivity contribution in [3.8, 4) is 11.4 Å². The van der Waals surface area contributed by atoms with Crippen molar-refractivity contribution >= 4 is 28.4 Å². The monoisotopic (exact) mass is 540 g/mol. The first kappa shape index (κ1) is 23.6. The topological polar surface area (TPSA) is 97.5 Å². The van der Waals surface area contributed by atoms with Crippen LogP contribution >= 0.6 is 22.6 Å². The molecule has 3 rings (SSSR count). The fourth-order valence-corrected chi connectivity index (χ4v) is 1.61. The smallest absolute Gasteiger partial charge is 0.409 e. The summed E-state index contributed by atoms with van der Waals surface area (Å²) in [4.78, 5) is 3.22. The molecule has 0 unspecified atom stereocenters. The van der Waals surface area contributed by atoms with Gasteiger partial charge >= 0.3 is 12.1 Å². The highest BCUT2D eigenvalue weighted by molar-refractivity contribution is 14.1. The summed E-state index contributed by atoms with van der Waals surface area (Å²) in [5.74, 6) is -1.46. The molecule has 0 saturated carbocycles. The van der Waals surface area contributed by atoms with Gasteiger partial charge in [-0.05, 0) is 4.43 Å². The summed E-state index contributed by atoms with van der Waals surface area (Å²) in [6, 6.07) is 12.8. The SMILES string of the molecule is CC.CCI.[3H]c1ccc(-c2noc(C(F)(F)F)n2)cc1.[3H]c1ccc(/C(N)=N/O)cc1. The molecule has 2 aromatic carbocycles. The Hall–Kier alpha value is -2.63. The van der Waals surface area contributed by atoms with Gasteiger partial charge in [0.15, 0.2) is 5.84 Å². The zero-order valence-corrected chi connectivity index (χ0v) is 18.8. The number of hydrogen-bond donors (Lipinski definition) is 2. The van der Waals surface area contributed by atoms with Gasteiger partial charge < -0.3 is 15.5 Å². The van der Waals surface area contributed by atoms with E-state index in [1.54, 1.807) is 24.3 Å². The number of nitrogens with zero attached hydrogens (tertiary/aromatic N) is 3. The Morgan fingerprint density at radius 2 is 1.63 bits per heavy atom. The van der Waals surface area contributed by atoms with E-state index in [0.717, 1.165) is 0 Å². The van der Waals surface area contributed by atoms with Gasteiger partial charge in [-0.25, -0.2) is 0 Å². The Balaban J connectivity index is 0.000000523. The zero-order chi connectivity index (χ0) is 24.7. The van der Waals surface area contributed by atoms with Gasteiger partial charge in [0, 0.05) is 11.1 Å². The molecule has 0 fully saturated rings. The Kier molecular flexibility index (Phi) is 12.0. The third kappa shape index (κ3) is 10.2. The Labute approximate surface area is 189 Å². The standard InChI is InChI=1S/C9H5F3N2O.C7H8N2O.C2H5I.C2H6/c10-9(11,12)8-13-7(14-15-8)6-4-2-1-3-5-6;8-7(9-10)6-4-2-1-3-5-6;1-2-3;1-2/h1-5H;1-5,10H,(H2,8,9);2H2,1H3;1-2H3/i2*1T;;. The summed E-state index contributed by atoms with van der Waals surface area (Å²) in [5.41, 5.74) is 6.27. The molecule has 0 aliphatic heterocycles. The van der Waals surface area contributed by atoms with E-state index in [-0.39, 0.29) is 17.7 Å². The minimum Gasteiger partial charge on any atom is -0.409 e. The number of nitrogens with two attached hydrogens (primary N) is 1. The number of halogens is 4. The molecule has 3 aromatic rings. The van der Waals surface area contributed by atoms with Gasteiger partial charge in [-0.3, -0.25) is 0 Å². The second kappa shape index (κ2) is 15.2. The van der Waals surface area contributed by atoms with E-state index in [1.165, 1.54) is 28.7 Å². The van der Waals surface area contributed by atoms with Crippen LogP contribution in [0, 0.1) is 0 Å². The molecule has 0 saturated heterocycles. The Morgan fingerprint density at radius 3 is 2.03 bits per heavy atom. The Morgan fingerprint density at radius 1 is 1.17 bits per heavy atom. The van der Waals surface area contributed by atoms with Crippen molar-refractivity contribution < 1.29 is 25.6 Å². The highest BCUT2D eigenvalue weighted by Gasteiger charge is 2.38. The van der Waals surface area contributed by atoms with Crippen LogP contribution in [0.3, 0.4) is 0 Å². The summed E-state index contributed by atoms with van der Waals surface area (Å²) < 4.78 is 56.1. The molecule has 1 heterocycles. The maximum absolute atomic E-state index is 12.2. The average Bonchev–Trinajstić information content (AvgIpc) is 3.28. The molecular weight excluding hydrogens is 512 g/mol. The van der Waals surface area contributed by atoms with Crippen LogP contribution in [0.15, 0.2) is 70.3 Å². The zero-order valence-electron chi connectivity index (χ0n) is 18.6. The molecule has 6 nitrogen and oxygen atoms in total. The third-order valence-electron chi connectivity index (χ3n) is 2.77. The van der Waals surface area contributed by atoms with Crippen molar-refractivity contribution in [3.05, 3.63) is 72.1 Å². The molecule has 0 amide bonds. The maximum Gasteiger partial charge on any atom is 0.471 e. The third-order valence-corrected chi connectivity index (χ3v) is 2.77. The first-order valence-electron chi connectivity index (χ1n) is 9.70. The second-order valence-electron chi connectivity index (χ2n) is 4.75. The number of amidine groups is 1. The molecule has 0 spiro atoms. The molecule has 0 atom stereocenters. The van der Waals surface area contributed by atoms with Crippen molar-refractivity contribution in [2.75, 3.05) is 4.43 Å². The molecule has 164 valence electrons. The van der Waals surface area contributed by atoms with E-state index < -0.39 is 12.1 Å². The fourth-order valence-electron chi connectivity index (χ4n) is 1.61. The van der Waals surface area contributed by atoms with Gasteiger partial charge in [-0.2, -0.15) is 18.2 Å². The fraction of sp³-hybridized carbons (Fsp3) is 0.250. The molecule has 10 heteroatoms. The maximum atomic E-state index is 12.2. The molecule has 0 radical (unpaired) electrons. The van der Waals surface area contributed by atoms with E-state index in [9.17, 15) is 13.2 Å². The van der Waals surface area contributed by atoms with E-state index in [1.807, 2.05) is 13.8 Å². The first-order valence-corrected chi connectivity index (χ1v) is 10.2. The van der Waals surface area contributed by atoms with Crippen molar-refractivity contribution in [3.63, 3.8) is 0 Å². The van der Waals surface area contributed by atoms with E-state index in [2.05, 4.69) is 49.3 Å². The summed E-state index contributed by atoms with van der Waals surface area (Å²) in [7, 11) is 0. The quantitative estimate of drug-likeness (QED) is 0.104. The highest BCUT2D eigenvalue weighted by Crippen LogP contribution is 2.29. The molecule has 0 bridgehead atoms. The molecule has 30 heavy (non-hydrogen) atoms. The Bertz CT molecular complexity index is 935.